The average molecular weight is 170 g/mol. The van der Waals surface area contributed by atoms with Crippen LogP contribution in [0.3, 0.4) is 0 Å². The molecule has 0 aromatic heterocycles. The summed E-state index contributed by atoms with van der Waals surface area (Å²) in [6.45, 7) is 5.33. The molecule has 0 N–H and O–H groups in total. The van der Waals surface area contributed by atoms with Gasteiger partial charge >= 0.3 is 0 Å². The molecule has 0 aromatic carbocycles. The third kappa shape index (κ3) is 1.17. The lowest BCUT2D eigenvalue weighted by Gasteiger charge is -2.26. The number of fused-ring (bicyclic) bond motifs is 1. The van der Waals surface area contributed by atoms with Gasteiger partial charge < -0.3 is 9.47 Å². The van der Waals surface area contributed by atoms with Crippen LogP contribution in [0.2, 0.25) is 0 Å². The summed E-state index contributed by atoms with van der Waals surface area (Å²) in [5, 5.41) is 0. The van der Waals surface area contributed by atoms with E-state index in [9.17, 15) is 0 Å². The summed E-state index contributed by atoms with van der Waals surface area (Å²) < 4.78 is 11.5. The van der Waals surface area contributed by atoms with Crippen LogP contribution in [-0.4, -0.2) is 18.5 Å². The second-order valence-electron chi connectivity index (χ2n) is 4.00. The van der Waals surface area contributed by atoms with Crippen LogP contribution in [0.25, 0.3) is 0 Å². The van der Waals surface area contributed by atoms with Gasteiger partial charge in [-0.05, 0) is 25.7 Å². The molecule has 0 bridgehead atoms. The zero-order chi connectivity index (χ0) is 8.60. The second-order valence-corrected chi connectivity index (χ2v) is 4.00. The number of rotatable bonds is 2. The van der Waals surface area contributed by atoms with E-state index >= 15 is 0 Å². The van der Waals surface area contributed by atoms with E-state index in [-0.39, 0.29) is 11.9 Å². The van der Waals surface area contributed by atoms with Crippen LogP contribution in [0.1, 0.15) is 39.5 Å². The first-order chi connectivity index (χ1) is 5.79. The molecule has 0 aliphatic carbocycles. The molecule has 2 saturated heterocycles. The molecule has 12 heavy (non-hydrogen) atoms. The monoisotopic (exact) mass is 170 g/mol. The van der Waals surface area contributed by atoms with Gasteiger partial charge in [0, 0.05) is 5.92 Å². The topological polar surface area (TPSA) is 18.5 Å². The van der Waals surface area contributed by atoms with Crippen molar-refractivity contribution in [1.29, 1.82) is 0 Å². The minimum atomic E-state index is 0.130. The fourth-order valence-corrected chi connectivity index (χ4v) is 2.41. The van der Waals surface area contributed by atoms with E-state index in [0.717, 1.165) is 19.4 Å². The summed E-state index contributed by atoms with van der Waals surface area (Å²) >= 11 is 0. The lowest BCUT2D eigenvalue weighted by atomic mass is 9.88. The number of ether oxygens (including phenoxy) is 2. The summed E-state index contributed by atoms with van der Waals surface area (Å²) in [4.78, 5) is 0. The number of hydrogen-bond donors (Lipinski definition) is 0. The van der Waals surface area contributed by atoms with E-state index in [1.54, 1.807) is 0 Å². The van der Waals surface area contributed by atoms with Crippen LogP contribution in [-0.2, 0) is 9.47 Å². The first-order valence-corrected chi connectivity index (χ1v) is 5.09. The largest absolute Gasteiger partial charge is 0.352 e. The van der Waals surface area contributed by atoms with Crippen molar-refractivity contribution in [1.82, 2.24) is 0 Å². The molecule has 2 heteroatoms. The Morgan fingerprint density at radius 2 is 2.08 bits per heavy atom. The highest BCUT2D eigenvalue weighted by Crippen LogP contribution is 2.44. The molecule has 2 nitrogen and oxygen atoms in total. The highest BCUT2D eigenvalue weighted by molar-refractivity contribution is 4.91. The molecule has 0 radical (unpaired) electrons. The summed E-state index contributed by atoms with van der Waals surface area (Å²) in [7, 11) is 0. The fraction of sp³-hybridized carbons (Fsp3) is 1.00. The van der Waals surface area contributed by atoms with Crippen molar-refractivity contribution in [3.8, 4) is 0 Å². The SMILES string of the molecule is CCC1(CC)C[C@@H]2CCO[C@@H]2O1. The molecule has 2 atom stereocenters. The zero-order valence-electron chi connectivity index (χ0n) is 8.01. The molecule has 0 unspecified atom stereocenters. The fourth-order valence-electron chi connectivity index (χ4n) is 2.41. The Balaban J connectivity index is 2.05. The Morgan fingerprint density at radius 3 is 2.67 bits per heavy atom. The predicted octanol–water partition coefficient (Wildman–Crippen LogP) is 2.33. The first-order valence-electron chi connectivity index (χ1n) is 5.09. The quantitative estimate of drug-likeness (QED) is 0.633. The van der Waals surface area contributed by atoms with E-state index in [1.807, 2.05) is 0 Å². The van der Waals surface area contributed by atoms with E-state index in [0.29, 0.717) is 5.92 Å². The van der Waals surface area contributed by atoms with Crippen LogP contribution < -0.4 is 0 Å². The molecular weight excluding hydrogens is 152 g/mol. The van der Waals surface area contributed by atoms with Crippen molar-refractivity contribution in [3.05, 3.63) is 0 Å². The number of hydrogen-bond acceptors (Lipinski definition) is 2. The van der Waals surface area contributed by atoms with Gasteiger partial charge in [-0.1, -0.05) is 13.8 Å². The Bertz CT molecular complexity index is 149. The molecule has 2 heterocycles. The van der Waals surface area contributed by atoms with Gasteiger partial charge in [0.1, 0.15) is 0 Å². The van der Waals surface area contributed by atoms with Crippen LogP contribution in [0.5, 0.6) is 0 Å². The molecule has 2 aliphatic rings. The van der Waals surface area contributed by atoms with Gasteiger partial charge in [-0.25, -0.2) is 0 Å². The van der Waals surface area contributed by atoms with Crippen molar-refractivity contribution >= 4 is 0 Å². The minimum absolute atomic E-state index is 0.130. The van der Waals surface area contributed by atoms with E-state index in [2.05, 4.69) is 13.8 Å². The standard InChI is InChI=1S/C10H18O2/c1-3-10(4-2)7-8-5-6-11-9(8)12-10/h8-9H,3-7H2,1-2H3/t8-,9+/m0/s1. The van der Waals surface area contributed by atoms with Gasteiger partial charge in [0.15, 0.2) is 6.29 Å². The summed E-state index contributed by atoms with van der Waals surface area (Å²) in [6, 6.07) is 0. The maximum Gasteiger partial charge on any atom is 0.161 e. The molecule has 2 rings (SSSR count). The summed E-state index contributed by atoms with van der Waals surface area (Å²) in [5.41, 5.74) is 0.149. The van der Waals surface area contributed by atoms with Crippen molar-refractivity contribution in [3.63, 3.8) is 0 Å². The third-order valence-corrected chi connectivity index (χ3v) is 3.44. The Hall–Kier alpha value is -0.0800. The van der Waals surface area contributed by atoms with Gasteiger partial charge in [0.25, 0.3) is 0 Å². The smallest absolute Gasteiger partial charge is 0.161 e. The maximum absolute atomic E-state index is 5.95. The van der Waals surface area contributed by atoms with Gasteiger partial charge in [-0.15, -0.1) is 0 Å². The third-order valence-electron chi connectivity index (χ3n) is 3.44. The molecule has 2 aliphatic heterocycles. The molecule has 0 amide bonds. The lowest BCUT2D eigenvalue weighted by molar-refractivity contribution is -0.158. The van der Waals surface area contributed by atoms with Crippen LogP contribution in [0.4, 0.5) is 0 Å². The molecule has 2 fully saturated rings. The Kier molecular flexibility index (Phi) is 2.13. The molecule has 0 aromatic rings. The first kappa shape index (κ1) is 8.52. The highest BCUT2D eigenvalue weighted by Gasteiger charge is 2.46. The van der Waals surface area contributed by atoms with Crippen LogP contribution in [0.15, 0.2) is 0 Å². The molecule has 70 valence electrons. The Labute approximate surface area is 74.2 Å². The summed E-state index contributed by atoms with van der Waals surface area (Å²) in [5.74, 6) is 0.685. The van der Waals surface area contributed by atoms with Crippen molar-refractivity contribution in [2.45, 2.75) is 51.4 Å². The minimum Gasteiger partial charge on any atom is -0.352 e. The molecule has 0 saturated carbocycles. The van der Waals surface area contributed by atoms with Crippen LogP contribution in [0, 0.1) is 5.92 Å². The second kappa shape index (κ2) is 3.00. The molecular formula is C10H18O2. The van der Waals surface area contributed by atoms with Gasteiger partial charge in [0.2, 0.25) is 0 Å². The van der Waals surface area contributed by atoms with E-state index < -0.39 is 0 Å². The Morgan fingerprint density at radius 1 is 1.33 bits per heavy atom. The normalized spacial score (nSPS) is 38.5. The lowest BCUT2D eigenvalue weighted by Crippen LogP contribution is -2.27. The van der Waals surface area contributed by atoms with E-state index in [1.165, 1.54) is 12.8 Å². The predicted molar refractivity (Wildman–Crippen MR) is 46.9 cm³/mol. The van der Waals surface area contributed by atoms with Gasteiger partial charge in [-0.2, -0.15) is 0 Å². The molecule has 0 spiro atoms. The van der Waals surface area contributed by atoms with Crippen LogP contribution >= 0.6 is 0 Å². The van der Waals surface area contributed by atoms with E-state index in [4.69, 9.17) is 9.47 Å². The summed E-state index contributed by atoms with van der Waals surface area (Å²) in [6.07, 6.45) is 4.79. The van der Waals surface area contributed by atoms with Gasteiger partial charge in [0.05, 0.1) is 12.2 Å². The highest BCUT2D eigenvalue weighted by atomic mass is 16.7. The maximum atomic E-state index is 5.95. The van der Waals surface area contributed by atoms with Crippen molar-refractivity contribution in [2.24, 2.45) is 5.92 Å². The van der Waals surface area contributed by atoms with Gasteiger partial charge in [-0.3, -0.25) is 0 Å². The van der Waals surface area contributed by atoms with Crippen molar-refractivity contribution < 1.29 is 9.47 Å². The van der Waals surface area contributed by atoms with Crippen molar-refractivity contribution in [2.75, 3.05) is 6.61 Å². The zero-order valence-corrected chi connectivity index (χ0v) is 8.01. The average Bonchev–Trinajstić information content (AvgIpc) is 2.61.